The molecule has 1 rings (SSSR count). The molecule has 16 heavy (non-hydrogen) atoms. The van der Waals surface area contributed by atoms with Crippen molar-refractivity contribution in [3.8, 4) is 0 Å². The Bertz CT molecular complexity index is 339. The lowest BCUT2D eigenvalue weighted by Crippen LogP contribution is -2.28. The molecule has 3 heteroatoms. The Balaban J connectivity index is 2.65. The van der Waals surface area contributed by atoms with Crippen LogP contribution in [0.15, 0.2) is 18.2 Å². The molecule has 1 aromatic rings. The number of benzene rings is 1. The number of hydrogen-bond acceptors (Lipinski definition) is 2. The largest absolute Gasteiger partial charge is 0.390 e. The van der Waals surface area contributed by atoms with Crippen molar-refractivity contribution < 1.29 is 14.2 Å². The van der Waals surface area contributed by atoms with Gasteiger partial charge in [0, 0.05) is 13.0 Å². The number of aryl methyl sites for hydroxylation is 1. The van der Waals surface area contributed by atoms with Gasteiger partial charge in [-0.15, -0.1) is 0 Å². The summed E-state index contributed by atoms with van der Waals surface area (Å²) in [4.78, 5) is 0. The van der Waals surface area contributed by atoms with Gasteiger partial charge < -0.3 is 9.84 Å². The van der Waals surface area contributed by atoms with Crippen molar-refractivity contribution in [1.82, 2.24) is 0 Å². The second kappa shape index (κ2) is 5.97. The number of rotatable bonds is 5. The monoisotopic (exact) mass is 226 g/mol. The molecule has 2 atom stereocenters. The maximum Gasteiger partial charge on any atom is 0.123 e. The SMILES string of the molecule is CCOC(C)C(O)Cc1ccc(F)cc1C. The molecule has 0 fully saturated rings. The van der Waals surface area contributed by atoms with Gasteiger partial charge in [-0.2, -0.15) is 0 Å². The van der Waals surface area contributed by atoms with Crippen molar-refractivity contribution in [3.05, 3.63) is 35.1 Å². The molecule has 0 aliphatic carbocycles. The van der Waals surface area contributed by atoms with Gasteiger partial charge in [0.05, 0.1) is 12.2 Å². The second-order valence-corrected chi connectivity index (χ2v) is 4.00. The van der Waals surface area contributed by atoms with E-state index in [0.29, 0.717) is 13.0 Å². The van der Waals surface area contributed by atoms with E-state index in [1.165, 1.54) is 12.1 Å². The van der Waals surface area contributed by atoms with Gasteiger partial charge in [0.25, 0.3) is 0 Å². The standard InChI is InChI=1S/C13H19FO2/c1-4-16-10(3)13(15)8-11-5-6-12(14)7-9(11)2/h5-7,10,13,15H,4,8H2,1-3H3. The first-order valence-corrected chi connectivity index (χ1v) is 5.59. The van der Waals surface area contributed by atoms with E-state index < -0.39 is 6.10 Å². The number of aliphatic hydroxyl groups excluding tert-OH is 1. The van der Waals surface area contributed by atoms with E-state index >= 15 is 0 Å². The summed E-state index contributed by atoms with van der Waals surface area (Å²) in [7, 11) is 0. The minimum Gasteiger partial charge on any atom is -0.390 e. The van der Waals surface area contributed by atoms with Crippen LogP contribution in [0.5, 0.6) is 0 Å². The van der Waals surface area contributed by atoms with E-state index in [2.05, 4.69) is 0 Å². The highest BCUT2D eigenvalue weighted by Gasteiger charge is 2.15. The van der Waals surface area contributed by atoms with E-state index in [9.17, 15) is 9.50 Å². The molecule has 2 unspecified atom stereocenters. The van der Waals surface area contributed by atoms with Crippen LogP contribution >= 0.6 is 0 Å². The average molecular weight is 226 g/mol. The van der Waals surface area contributed by atoms with Gasteiger partial charge in [0.1, 0.15) is 5.82 Å². The predicted molar refractivity (Wildman–Crippen MR) is 61.9 cm³/mol. The highest BCUT2D eigenvalue weighted by Crippen LogP contribution is 2.14. The molecular weight excluding hydrogens is 207 g/mol. The summed E-state index contributed by atoms with van der Waals surface area (Å²) in [5.74, 6) is -0.242. The van der Waals surface area contributed by atoms with Gasteiger partial charge in [-0.05, 0) is 44.0 Å². The molecule has 0 bridgehead atoms. The van der Waals surface area contributed by atoms with E-state index in [1.807, 2.05) is 20.8 Å². The first-order valence-electron chi connectivity index (χ1n) is 5.59. The molecule has 0 spiro atoms. The van der Waals surface area contributed by atoms with Gasteiger partial charge in [-0.3, -0.25) is 0 Å². The highest BCUT2D eigenvalue weighted by molar-refractivity contribution is 5.27. The molecule has 0 saturated heterocycles. The summed E-state index contributed by atoms with van der Waals surface area (Å²) in [5.41, 5.74) is 1.82. The molecule has 0 aliphatic rings. The van der Waals surface area contributed by atoms with Crippen molar-refractivity contribution in [2.45, 2.75) is 39.4 Å². The van der Waals surface area contributed by atoms with Crippen LogP contribution in [0.25, 0.3) is 0 Å². The van der Waals surface area contributed by atoms with Gasteiger partial charge in [-0.25, -0.2) is 4.39 Å². The normalized spacial score (nSPS) is 14.8. The van der Waals surface area contributed by atoms with E-state index in [0.717, 1.165) is 11.1 Å². The topological polar surface area (TPSA) is 29.5 Å². The predicted octanol–water partition coefficient (Wildman–Crippen LogP) is 2.46. The van der Waals surface area contributed by atoms with Crippen LogP contribution in [0.4, 0.5) is 4.39 Å². The molecule has 1 aromatic carbocycles. The molecule has 0 aliphatic heterocycles. The van der Waals surface area contributed by atoms with Crippen LogP contribution in [-0.4, -0.2) is 23.9 Å². The first-order chi connectivity index (χ1) is 7.54. The fourth-order valence-corrected chi connectivity index (χ4v) is 1.65. The van der Waals surface area contributed by atoms with Crippen LogP contribution < -0.4 is 0 Å². The summed E-state index contributed by atoms with van der Waals surface area (Å²) in [6.45, 7) is 6.16. The Morgan fingerprint density at radius 2 is 2.12 bits per heavy atom. The van der Waals surface area contributed by atoms with Crippen molar-refractivity contribution >= 4 is 0 Å². The number of hydrogen-bond donors (Lipinski definition) is 1. The minimum absolute atomic E-state index is 0.200. The molecule has 0 aromatic heterocycles. The fourth-order valence-electron chi connectivity index (χ4n) is 1.65. The van der Waals surface area contributed by atoms with Crippen molar-refractivity contribution in [2.75, 3.05) is 6.61 Å². The van der Waals surface area contributed by atoms with E-state index in [4.69, 9.17) is 4.74 Å². The molecule has 0 saturated carbocycles. The maximum absolute atomic E-state index is 12.9. The zero-order valence-electron chi connectivity index (χ0n) is 10.0. The van der Waals surface area contributed by atoms with E-state index in [-0.39, 0.29) is 11.9 Å². The molecular formula is C13H19FO2. The lowest BCUT2D eigenvalue weighted by Gasteiger charge is -2.19. The van der Waals surface area contributed by atoms with Gasteiger partial charge in [-0.1, -0.05) is 6.07 Å². The molecule has 0 radical (unpaired) electrons. The quantitative estimate of drug-likeness (QED) is 0.835. The summed E-state index contributed by atoms with van der Waals surface area (Å²) in [5, 5.41) is 9.88. The van der Waals surface area contributed by atoms with Crippen LogP contribution in [0.1, 0.15) is 25.0 Å². The lowest BCUT2D eigenvalue weighted by atomic mass is 10.0. The zero-order chi connectivity index (χ0) is 12.1. The molecule has 0 heterocycles. The Morgan fingerprint density at radius 1 is 1.44 bits per heavy atom. The summed E-state index contributed by atoms with van der Waals surface area (Å²) >= 11 is 0. The third kappa shape index (κ3) is 3.58. The number of aliphatic hydroxyl groups is 1. The Morgan fingerprint density at radius 3 is 2.69 bits per heavy atom. The van der Waals surface area contributed by atoms with Crippen LogP contribution in [0.3, 0.4) is 0 Å². The van der Waals surface area contributed by atoms with Gasteiger partial charge in [0.2, 0.25) is 0 Å². The lowest BCUT2D eigenvalue weighted by molar-refractivity contribution is -0.0208. The minimum atomic E-state index is -0.552. The summed E-state index contributed by atoms with van der Waals surface area (Å²) in [6.07, 6.45) is -0.258. The third-order valence-corrected chi connectivity index (χ3v) is 2.71. The zero-order valence-corrected chi connectivity index (χ0v) is 10.0. The summed E-state index contributed by atoms with van der Waals surface area (Å²) < 4.78 is 18.2. The van der Waals surface area contributed by atoms with E-state index in [1.54, 1.807) is 6.07 Å². The van der Waals surface area contributed by atoms with Crippen LogP contribution in [0, 0.1) is 12.7 Å². The first kappa shape index (κ1) is 13.1. The van der Waals surface area contributed by atoms with Crippen molar-refractivity contribution in [2.24, 2.45) is 0 Å². The molecule has 1 N–H and O–H groups in total. The van der Waals surface area contributed by atoms with Crippen LogP contribution in [-0.2, 0) is 11.2 Å². The molecule has 2 nitrogen and oxygen atoms in total. The molecule has 90 valence electrons. The van der Waals surface area contributed by atoms with Crippen molar-refractivity contribution in [3.63, 3.8) is 0 Å². The molecule has 0 amide bonds. The Labute approximate surface area is 96.1 Å². The maximum atomic E-state index is 12.9. The number of halogens is 1. The van der Waals surface area contributed by atoms with Crippen molar-refractivity contribution in [1.29, 1.82) is 0 Å². The number of ether oxygens (including phenoxy) is 1. The Kier molecular flexibility index (Phi) is 4.90. The third-order valence-electron chi connectivity index (χ3n) is 2.71. The smallest absolute Gasteiger partial charge is 0.123 e. The van der Waals surface area contributed by atoms with Gasteiger partial charge in [0.15, 0.2) is 0 Å². The van der Waals surface area contributed by atoms with Crippen LogP contribution in [0.2, 0.25) is 0 Å². The Hall–Kier alpha value is -0.930. The highest BCUT2D eigenvalue weighted by atomic mass is 19.1. The second-order valence-electron chi connectivity index (χ2n) is 4.00. The average Bonchev–Trinajstić information content (AvgIpc) is 2.22. The summed E-state index contributed by atoms with van der Waals surface area (Å²) in [6, 6.07) is 4.61. The van der Waals surface area contributed by atoms with Gasteiger partial charge >= 0.3 is 0 Å². The fraction of sp³-hybridized carbons (Fsp3) is 0.538.